The van der Waals surface area contributed by atoms with E-state index >= 15 is 0 Å². The maximum atomic E-state index is 12.1. The van der Waals surface area contributed by atoms with E-state index in [0.717, 1.165) is 25.2 Å². The van der Waals surface area contributed by atoms with Gasteiger partial charge in [0.1, 0.15) is 0 Å². The Bertz CT molecular complexity index is 723. The minimum atomic E-state index is -0.581. The molecule has 2 aromatic rings. The van der Waals surface area contributed by atoms with E-state index in [0.29, 0.717) is 12.1 Å². The number of carbonyl (C=O) groups excluding carboxylic acids is 1. The van der Waals surface area contributed by atoms with Gasteiger partial charge in [-0.3, -0.25) is 14.7 Å². The first kappa shape index (κ1) is 19.4. The second-order valence-electron chi connectivity index (χ2n) is 6.30. The van der Waals surface area contributed by atoms with Crippen LogP contribution in [0.15, 0.2) is 42.6 Å². The number of nitrogens with zero attached hydrogens (tertiary/aromatic N) is 2. The van der Waals surface area contributed by atoms with Gasteiger partial charge in [-0.05, 0) is 36.6 Å². The van der Waals surface area contributed by atoms with Crippen molar-refractivity contribution in [3.8, 4) is 0 Å². The molecule has 0 radical (unpaired) electrons. The minimum absolute atomic E-state index is 0. The molecule has 1 atom stereocenters. The SMILES string of the molecule is Cc1cc(C(=O)NC[C@H](O)CN2CCc3ccccc3C2)ccn1.S. The van der Waals surface area contributed by atoms with Crippen LogP contribution in [0.1, 0.15) is 27.2 Å². The molecule has 2 N–H and O–H groups in total. The van der Waals surface area contributed by atoms with Crippen LogP contribution in [0.5, 0.6) is 0 Å². The number of pyridine rings is 1. The van der Waals surface area contributed by atoms with Crippen molar-refractivity contribution in [1.29, 1.82) is 0 Å². The van der Waals surface area contributed by atoms with Gasteiger partial charge in [0.15, 0.2) is 0 Å². The largest absolute Gasteiger partial charge is 0.390 e. The van der Waals surface area contributed by atoms with Crippen LogP contribution in [-0.2, 0) is 13.0 Å². The van der Waals surface area contributed by atoms with Crippen LogP contribution in [0.2, 0.25) is 0 Å². The van der Waals surface area contributed by atoms with Gasteiger partial charge in [0.25, 0.3) is 5.91 Å². The molecule has 2 heterocycles. The van der Waals surface area contributed by atoms with E-state index in [9.17, 15) is 9.90 Å². The summed E-state index contributed by atoms with van der Waals surface area (Å²) in [6, 6.07) is 11.8. The summed E-state index contributed by atoms with van der Waals surface area (Å²) in [5.74, 6) is -0.177. The molecule has 134 valence electrons. The standard InChI is InChI=1S/C19H23N3O2.H2S/c1-14-10-16(6-8-20-14)19(24)21-11-18(23)13-22-9-7-15-4-2-3-5-17(15)12-22;/h2-6,8,10,18,23H,7,9,11-13H2,1H3,(H,21,24);1H2/t18-;/m0./s1. The maximum Gasteiger partial charge on any atom is 0.251 e. The van der Waals surface area contributed by atoms with E-state index in [2.05, 4.69) is 39.5 Å². The van der Waals surface area contributed by atoms with Gasteiger partial charge >= 0.3 is 0 Å². The minimum Gasteiger partial charge on any atom is -0.390 e. The Labute approximate surface area is 155 Å². The Morgan fingerprint density at radius 1 is 1.32 bits per heavy atom. The number of rotatable bonds is 5. The second-order valence-corrected chi connectivity index (χ2v) is 6.30. The predicted molar refractivity (Wildman–Crippen MR) is 103 cm³/mol. The number of aliphatic hydroxyl groups excluding tert-OH is 1. The van der Waals surface area contributed by atoms with Crippen molar-refractivity contribution in [3.63, 3.8) is 0 Å². The van der Waals surface area contributed by atoms with E-state index in [1.807, 2.05) is 6.92 Å². The Morgan fingerprint density at radius 2 is 2.08 bits per heavy atom. The molecular weight excluding hydrogens is 334 g/mol. The molecule has 0 unspecified atom stereocenters. The van der Waals surface area contributed by atoms with Gasteiger partial charge < -0.3 is 10.4 Å². The molecule has 0 saturated carbocycles. The van der Waals surface area contributed by atoms with Gasteiger partial charge in [-0.15, -0.1) is 0 Å². The van der Waals surface area contributed by atoms with Crippen LogP contribution in [0, 0.1) is 6.92 Å². The summed E-state index contributed by atoms with van der Waals surface area (Å²) in [6.07, 6.45) is 2.04. The fourth-order valence-corrected chi connectivity index (χ4v) is 3.07. The van der Waals surface area contributed by atoms with Gasteiger partial charge in [-0.2, -0.15) is 13.5 Å². The van der Waals surface area contributed by atoms with E-state index < -0.39 is 6.10 Å². The molecule has 1 aromatic heterocycles. The number of aliphatic hydroxyl groups is 1. The first-order valence-electron chi connectivity index (χ1n) is 8.30. The predicted octanol–water partition coefficient (Wildman–Crippen LogP) is 1.65. The van der Waals surface area contributed by atoms with Crippen LogP contribution >= 0.6 is 13.5 Å². The summed E-state index contributed by atoms with van der Waals surface area (Å²) >= 11 is 0. The molecule has 25 heavy (non-hydrogen) atoms. The average molecular weight is 359 g/mol. The van der Waals surface area contributed by atoms with E-state index in [-0.39, 0.29) is 25.9 Å². The monoisotopic (exact) mass is 359 g/mol. The summed E-state index contributed by atoms with van der Waals surface area (Å²) in [5, 5.41) is 13.0. The first-order valence-corrected chi connectivity index (χ1v) is 8.30. The van der Waals surface area contributed by atoms with E-state index in [1.54, 1.807) is 18.3 Å². The Balaban J connectivity index is 0.00000225. The Morgan fingerprint density at radius 3 is 2.84 bits per heavy atom. The van der Waals surface area contributed by atoms with Gasteiger partial charge in [0.2, 0.25) is 0 Å². The van der Waals surface area contributed by atoms with Crippen LogP contribution in [0.3, 0.4) is 0 Å². The molecule has 3 rings (SSSR count). The summed E-state index contributed by atoms with van der Waals surface area (Å²) in [6.45, 7) is 4.44. The van der Waals surface area contributed by atoms with Crippen molar-refractivity contribution in [2.24, 2.45) is 0 Å². The quantitative estimate of drug-likeness (QED) is 0.852. The number of benzene rings is 1. The fraction of sp³-hybridized carbons (Fsp3) is 0.368. The molecule has 1 aliphatic heterocycles. The molecule has 1 amide bonds. The number of β-amino-alcohol motifs (C(OH)–C–C–N with tert-alkyl or cyclic N) is 1. The van der Waals surface area contributed by atoms with Crippen LogP contribution in [-0.4, -0.2) is 46.6 Å². The highest BCUT2D eigenvalue weighted by Gasteiger charge is 2.18. The highest BCUT2D eigenvalue weighted by Crippen LogP contribution is 2.18. The van der Waals surface area contributed by atoms with Crippen molar-refractivity contribution in [2.75, 3.05) is 19.6 Å². The zero-order valence-corrected chi connectivity index (χ0v) is 15.4. The normalized spacial score (nSPS) is 15.0. The number of hydrogen-bond acceptors (Lipinski definition) is 4. The third kappa shape index (κ3) is 5.29. The number of carbonyl (C=O) groups is 1. The number of nitrogens with one attached hydrogen (secondary N) is 1. The Hall–Kier alpha value is -1.89. The van der Waals surface area contributed by atoms with Crippen LogP contribution < -0.4 is 5.32 Å². The van der Waals surface area contributed by atoms with E-state index in [4.69, 9.17) is 0 Å². The molecule has 0 spiro atoms. The molecule has 5 nitrogen and oxygen atoms in total. The summed E-state index contributed by atoms with van der Waals surface area (Å²) in [7, 11) is 0. The lowest BCUT2D eigenvalue weighted by molar-refractivity contribution is 0.0841. The van der Waals surface area contributed by atoms with Gasteiger partial charge in [-0.25, -0.2) is 0 Å². The average Bonchev–Trinajstić information content (AvgIpc) is 2.59. The zero-order valence-electron chi connectivity index (χ0n) is 14.4. The molecule has 0 aliphatic carbocycles. The highest BCUT2D eigenvalue weighted by atomic mass is 32.1. The van der Waals surface area contributed by atoms with Gasteiger partial charge in [0.05, 0.1) is 6.10 Å². The summed E-state index contributed by atoms with van der Waals surface area (Å²) < 4.78 is 0. The molecule has 0 fully saturated rings. The Kier molecular flexibility index (Phi) is 6.99. The molecule has 1 aliphatic rings. The third-order valence-electron chi connectivity index (χ3n) is 4.34. The number of aromatic nitrogens is 1. The van der Waals surface area contributed by atoms with Crippen LogP contribution in [0.25, 0.3) is 0 Å². The van der Waals surface area contributed by atoms with Crippen molar-refractivity contribution in [1.82, 2.24) is 15.2 Å². The first-order chi connectivity index (χ1) is 11.6. The number of hydrogen-bond donors (Lipinski definition) is 2. The highest BCUT2D eigenvalue weighted by molar-refractivity contribution is 7.59. The van der Waals surface area contributed by atoms with Gasteiger partial charge in [0, 0.05) is 43.6 Å². The summed E-state index contributed by atoms with van der Waals surface area (Å²) in [5.41, 5.74) is 4.09. The molecule has 0 saturated heterocycles. The number of fused-ring (bicyclic) bond motifs is 1. The zero-order chi connectivity index (χ0) is 16.9. The maximum absolute atomic E-state index is 12.1. The van der Waals surface area contributed by atoms with Crippen LogP contribution in [0.4, 0.5) is 0 Å². The second kappa shape index (κ2) is 8.99. The van der Waals surface area contributed by atoms with Crippen molar-refractivity contribution in [2.45, 2.75) is 26.0 Å². The lowest BCUT2D eigenvalue weighted by atomic mass is 10.00. The third-order valence-corrected chi connectivity index (χ3v) is 4.34. The lowest BCUT2D eigenvalue weighted by Gasteiger charge is -2.30. The topological polar surface area (TPSA) is 65.5 Å². The lowest BCUT2D eigenvalue weighted by Crippen LogP contribution is -2.42. The molecule has 0 bridgehead atoms. The van der Waals surface area contributed by atoms with Crippen molar-refractivity contribution < 1.29 is 9.90 Å². The van der Waals surface area contributed by atoms with Crippen molar-refractivity contribution in [3.05, 3.63) is 65.0 Å². The smallest absolute Gasteiger partial charge is 0.251 e. The molecular formula is C19H25N3O2S. The number of amides is 1. The number of aryl methyl sites for hydroxylation is 1. The van der Waals surface area contributed by atoms with Gasteiger partial charge in [-0.1, -0.05) is 24.3 Å². The summed E-state index contributed by atoms with van der Waals surface area (Å²) in [4.78, 5) is 18.4. The molecule has 1 aromatic carbocycles. The van der Waals surface area contributed by atoms with E-state index in [1.165, 1.54) is 11.1 Å². The van der Waals surface area contributed by atoms with Crippen molar-refractivity contribution >= 4 is 19.4 Å². The molecule has 6 heteroatoms. The fourth-order valence-electron chi connectivity index (χ4n) is 3.07.